The Morgan fingerprint density at radius 2 is 2.10 bits per heavy atom. The number of aromatic nitrogens is 3. The summed E-state index contributed by atoms with van der Waals surface area (Å²) in [5, 5.41) is 9.95. The summed E-state index contributed by atoms with van der Waals surface area (Å²) in [5.41, 5.74) is 1.47. The number of likely N-dealkylation sites (tertiary alicyclic amines) is 1. The standard InChI is InChI=1S/C27H29F4N5O3/c28-25-8-15-1-4-23(21(15)11-32-25)39-24-13-36(18-5-6-38-14-18)12-16(24)7-19(37)10-33-26-20-9-17(27(29,30)31)2-3-22(20)34-35-26/h2-3,8-9,11,16,18,23-24H,1,4-7,10,12-14H2,(H2,33,34,35)/t16?,18?,23?,24-/m0/s1. The highest BCUT2D eigenvalue weighted by atomic mass is 19.4. The van der Waals surface area contributed by atoms with Crippen LogP contribution in [0.15, 0.2) is 30.5 Å². The summed E-state index contributed by atoms with van der Waals surface area (Å²) in [7, 11) is 0. The number of fused-ring (bicyclic) bond motifs is 2. The number of benzene rings is 1. The van der Waals surface area contributed by atoms with Crippen molar-refractivity contribution in [2.75, 3.05) is 38.2 Å². The van der Waals surface area contributed by atoms with Crippen molar-refractivity contribution in [3.63, 3.8) is 0 Å². The van der Waals surface area contributed by atoms with Gasteiger partial charge in [-0.3, -0.25) is 14.8 Å². The number of carbonyl (C=O) groups excluding carboxylic acids is 1. The van der Waals surface area contributed by atoms with Gasteiger partial charge in [0.2, 0.25) is 5.95 Å². The molecule has 0 amide bonds. The Balaban J connectivity index is 1.13. The number of H-pyrrole nitrogens is 1. The van der Waals surface area contributed by atoms with Crippen LogP contribution in [0.1, 0.15) is 42.1 Å². The summed E-state index contributed by atoms with van der Waals surface area (Å²) < 4.78 is 65.2. The Bertz CT molecular complexity index is 1360. The van der Waals surface area contributed by atoms with E-state index in [2.05, 4.69) is 25.4 Å². The van der Waals surface area contributed by atoms with E-state index >= 15 is 0 Å². The highest BCUT2D eigenvalue weighted by Gasteiger charge is 2.41. The van der Waals surface area contributed by atoms with Crippen molar-refractivity contribution in [2.24, 2.45) is 5.92 Å². The van der Waals surface area contributed by atoms with Crippen LogP contribution in [0.3, 0.4) is 0 Å². The number of alkyl halides is 3. The number of hydrogen-bond donors (Lipinski definition) is 2. The van der Waals surface area contributed by atoms with Crippen molar-refractivity contribution in [1.82, 2.24) is 20.1 Å². The molecule has 3 unspecified atom stereocenters. The molecule has 0 radical (unpaired) electrons. The van der Waals surface area contributed by atoms with Gasteiger partial charge in [0.15, 0.2) is 11.6 Å². The van der Waals surface area contributed by atoms with Gasteiger partial charge < -0.3 is 14.8 Å². The van der Waals surface area contributed by atoms with E-state index < -0.39 is 17.7 Å². The first-order valence-corrected chi connectivity index (χ1v) is 13.2. The molecule has 0 bridgehead atoms. The lowest BCUT2D eigenvalue weighted by atomic mass is 9.98. The average Bonchev–Trinajstić information content (AvgIpc) is 3.69. The summed E-state index contributed by atoms with van der Waals surface area (Å²) in [4.78, 5) is 19.2. The van der Waals surface area contributed by atoms with Gasteiger partial charge in [0.1, 0.15) is 0 Å². The number of pyridine rings is 1. The first-order valence-electron chi connectivity index (χ1n) is 13.2. The fourth-order valence-electron chi connectivity index (χ4n) is 5.98. The number of aryl methyl sites for hydroxylation is 1. The molecule has 3 aromatic rings. The lowest BCUT2D eigenvalue weighted by molar-refractivity contribution is -0.137. The second-order valence-corrected chi connectivity index (χ2v) is 10.6. The van der Waals surface area contributed by atoms with E-state index in [-0.39, 0.29) is 54.1 Å². The third-order valence-electron chi connectivity index (χ3n) is 8.02. The lowest BCUT2D eigenvalue weighted by Gasteiger charge is -2.24. The van der Waals surface area contributed by atoms with Crippen LogP contribution in [0.25, 0.3) is 10.9 Å². The molecule has 39 heavy (non-hydrogen) atoms. The Hall–Kier alpha value is -3.09. The minimum absolute atomic E-state index is 0.0647. The van der Waals surface area contributed by atoms with E-state index in [4.69, 9.17) is 9.47 Å². The van der Waals surface area contributed by atoms with Crippen LogP contribution in [0.5, 0.6) is 0 Å². The molecular weight excluding hydrogens is 518 g/mol. The molecule has 4 atom stereocenters. The number of carbonyl (C=O) groups is 1. The number of hydrogen-bond acceptors (Lipinski definition) is 7. The third kappa shape index (κ3) is 5.50. The van der Waals surface area contributed by atoms with Gasteiger partial charge in [-0.15, -0.1) is 0 Å². The first kappa shape index (κ1) is 26.1. The van der Waals surface area contributed by atoms with Crippen LogP contribution in [-0.2, 0) is 26.9 Å². The third-order valence-corrected chi connectivity index (χ3v) is 8.02. The van der Waals surface area contributed by atoms with E-state index in [9.17, 15) is 22.4 Å². The van der Waals surface area contributed by atoms with Crippen LogP contribution < -0.4 is 5.32 Å². The van der Waals surface area contributed by atoms with E-state index in [0.717, 1.165) is 36.1 Å². The number of halogens is 4. The van der Waals surface area contributed by atoms with E-state index in [0.29, 0.717) is 38.2 Å². The Morgan fingerprint density at radius 3 is 2.90 bits per heavy atom. The zero-order valence-corrected chi connectivity index (χ0v) is 21.1. The Kier molecular flexibility index (Phi) is 7.02. The Labute approximate surface area is 222 Å². The van der Waals surface area contributed by atoms with Crippen LogP contribution in [0.4, 0.5) is 23.4 Å². The van der Waals surface area contributed by atoms with Gasteiger partial charge in [0.05, 0.1) is 36.4 Å². The molecule has 208 valence electrons. The van der Waals surface area contributed by atoms with Gasteiger partial charge >= 0.3 is 6.18 Å². The van der Waals surface area contributed by atoms with Crippen molar-refractivity contribution in [3.8, 4) is 0 Å². The number of ketones is 1. The molecular formula is C27H29F4N5O3. The van der Waals surface area contributed by atoms with Crippen molar-refractivity contribution in [3.05, 3.63) is 53.1 Å². The molecule has 3 aliphatic rings. The maximum Gasteiger partial charge on any atom is 0.416 e. The fourth-order valence-corrected chi connectivity index (χ4v) is 5.98. The minimum atomic E-state index is -4.48. The van der Waals surface area contributed by atoms with Crippen LogP contribution >= 0.6 is 0 Å². The monoisotopic (exact) mass is 547 g/mol. The smallest absolute Gasteiger partial charge is 0.380 e. The van der Waals surface area contributed by atoms with Crippen LogP contribution in [-0.4, -0.2) is 70.9 Å². The Morgan fingerprint density at radius 1 is 1.23 bits per heavy atom. The molecule has 1 aliphatic carbocycles. The summed E-state index contributed by atoms with van der Waals surface area (Å²) in [6.07, 6.45) is -0.706. The molecule has 0 spiro atoms. The normalized spacial score (nSPS) is 25.4. The highest BCUT2D eigenvalue weighted by molar-refractivity contribution is 5.92. The van der Waals surface area contributed by atoms with Gasteiger partial charge in [0.25, 0.3) is 0 Å². The van der Waals surface area contributed by atoms with Gasteiger partial charge in [-0.05, 0) is 49.1 Å². The molecule has 6 rings (SSSR count). The largest absolute Gasteiger partial charge is 0.416 e. The molecule has 12 heteroatoms. The summed E-state index contributed by atoms with van der Waals surface area (Å²) in [6, 6.07) is 5.07. The van der Waals surface area contributed by atoms with Crippen molar-refractivity contribution >= 4 is 22.5 Å². The molecule has 4 heterocycles. The number of aromatic amines is 1. The molecule has 2 saturated heterocycles. The van der Waals surface area contributed by atoms with E-state index in [1.807, 2.05) is 0 Å². The summed E-state index contributed by atoms with van der Waals surface area (Å²) in [6.45, 7) is 2.65. The van der Waals surface area contributed by atoms with Gasteiger partial charge in [-0.25, -0.2) is 4.98 Å². The van der Waals surface area contributed by atoms with Crippen molar-refractivity contribution in [2.45, 2.75) is 50.1 Å². The van der Waals surface area contributed by atoms with E-state index in [1.165, 1.54) is 12.1 Å². The zero-order chi connectivity index (χ0) is 27.1. The molecule has 8 nitrogen and oxygen atoms in total. The van der Waals surface area contributed by atoms with Crippen LogP contribution in [0.2, 0.25) is 0 Å². The SMILES string of the molecule is O=C(CNc1n[nH]c2ccc(C(F)(F)F)cc12)CC1CN(C2CCOC2)C[C@@H]1OC1CCc2cc(F)ncc21. The topological polar surface area (TPSA) is 92.4 Å². The van der Waals surface area contributed by atoms with Crippen molar-refractivity contribution < 1.29 is 31.8 Å². The molecule has 2 aromatic heterocycles. The number of rotatable bonds is 8. The van der Waals surface area contributed by atoms with Crippen LogP contribution in [0, 0.1) is 11.9 Å². The fraction of sp³-hybridized carbons (Fsp3) is 0.519. The summed E-state index contributed by atoms with van der Waals surface area (Å²) >= 11 is 0. The highest BCUT2D eigenvalue weighted by Crippen LogP contribution is 2.38. The second-order valence-electron chi connectivity index (χ2n) is 10.6. The molecule has 1 aromatic carbocycles. The number of anilines is 1. The molecule has 2 aliphatic heterocycles. The maximum atomic E-state index is 13.6. The molecule has 0 saturated carbocycles. The molecule has 2 N–H and O–H groups in total. The maximum absolute atomic E-state index is 13.6. The number of Topliss-reactive ketones (excluding diaryl/α,β-unsaturated/α-hetero) is 1. The van der Waals surface area contributed by atoms with Gasteiger partial charge in [0, 0.05) is 55.2 Å². The number of ether oxygens (including phenoxy) is 2. The molecule has 2 fully saturated rings. The van der Waals surface area contributed by atoms with E-state index in [1.54, 1.807) is 6.20 Å². The summed E-state index contributed by atoms with van der Waals surface area (Å²) in [5.74, 6) is -0.449. The first-order chi connectivity index (χ1) is 18.7. The lowest BCUT2D eigenvalue weighted by Crippen LogP contribution is -2.34. The average molecular weight is 548 g/mol. The quantitative estimate of drug-likeness (QED) is 0.321. The zero-order valence-electron chi connectivity index (χ0n) is 21.1. The number of nitrogens with zero attached hydrogens (tertiary/aromatic N) is 3. The number of nitrogens with one attached hydrogen (secondary N) is 2. The minimum Gasteiger partial charge on any atom is -0.380 e. The van der Waals surface area contributed by atoms with Gasteiger partial charge in [-0.2, -0.15) is 22.7 Å². The second kappa shape index (κ2) is 10.5. The van der Waals surface area contributed by atoms with Crippen molar-refractivity contribution in [1.29, 1.82) is 0 Å². The predicted octanol–water partition coefficient (Wildman–Crippen LogP) is 4.28. The predicted molar refractivity (Wildman–Crippen MR) is 134 cm³/mol. The van der Waals surface area contributed by atoms with Gasteiger partial charge in [-0.1, -0.05) is 0 Å².